The zero-order chi connectivity index (χ0) is 34.7. The number of allylic oxidation sites excluding steroid dienone is 1. The highest BCUT2D eigenvalue weighted by Gasteiger charge is 2.38. The normalized spacial score (nSPS) is 30.1. The van der Waals surface area contributed by atoms with Gasteiger partial charge >= 0.3 is 18.0 Å². The van der Waals surface area contributed by atoms with Crippen molar-refractivity contribution in [3.63, 3.8) is 0 Å². The van der Waals surface area contributed by atoms with Gasteiger partial charge in [0, 0.05) is 12.6 Å². The van der Waals surface area contributed by atoms with E-state index in [0.717, 1.165) is 25.7 Å². The first-order chi connectivity index (χ1) is 22.1. The molecule has 11 nitrogen and oxygen atoms in total. The summed E-state index contributed by atoms with van der Waals surface area (Å²) in [4.78, 5) is 59.8. The third kappa shape index (κ3) is 8.16. The molecule has 2 fully saturated rings. The number of amides is 2. The van der Waals surface area contributed by atoms with Gasteiger partial charge in [0.1, 0.15) is 29.2 Å². The molecule has 2 aliphatic carbocycles. The van der Waals surface area contributed by atoms with Gasteiger partial charge in [0.15, 0.2) is 5.84 Å². The number of nitrogens with zero attached hydrogens (tertiary/aromatic N) is 1. The molecule has 47 heavy (non-hydrogen) atoms. The number of hydrogen-bond donors (Lipinski definition) is 3. The van der Waals surface area contributed by atoms with Gasteiger partial charge in [-0.1, -0.05) is 41.5 Å². The fraction of sp³-hybridized carbons (Fsp3) is 0.639. The molecule has 0 radical (unpaired) electrons. The standard InChI is InChI=1S/C36H52N4O7/c1-11-45-36(44)40-33-29(35(43)47-31-21(6)14-18(3)15-22(31)7)24(9)27(39-33)16-26-23(8)28(32(38-26)37-25(10)41)34(42)46-30-19(4)12-17(2)13-20(30)5/h16-22,30-31,38H,11-15H2,1-10H3,(H,37,41)(H,39,40,44). The first kappa shape index (κ1) is 36.0. The summed E-state index contributed by atoms with van der Waals surface area (Å²) in [5, 5.41) is 5.34. The van der Waals surface area contributed by atoms with Crippen molar-refractivity contribution in [1.82, 2.24) is 10.3 Å². The Morgan fingerprint density at radius 1 is 0.830 bits per heavy atom. The summed E-state index contributed by atoms with van der Waals surface area (Å²) in [5.74, 6) is 0.685. The van der Waals surface area contributed by atoms with E-state index in [1.807, 2.05) is 0 Å². The summed E-state index contributed by atoms with van der Waals surface area (Å²) in [6, 6.07) is 0. The molecule has 3 N–H and O–H groups in total. The fourth-order valence-electron chi connectivity index (χ4n) is 7.95. The van der Waals surface area contributed by atoms with Crippen LogP contribution >= 0.6 is 0 Å². The van der Waals surface area contributed by atoms with Gasteiger partial charge < -0.3 is 24.5 Å². The molecule has 2 heterocycles. The van der Waals surface area contributed by atoms with Gasteiger partial charge in [-0.15, -0.1) is 0 Å². The number of rotatable bonds is 7. The highest BCUT2D eigenvalue weighted by molar-refractivity contribution is 6.25. The number of alkyl carbamates (subject to hydrolysis) is 1. The number of carbonyl (C=O) groups is 4. The number of carbonyl (C=O) groups excluding carboxylic acids is 4. The number of ether oxygens (including phenoxy) is 3. The molecule has 1 aromatic rings. The molecule has 0 spiro atoms. The Labute approximate surface area is 278 Å². The van der Waals surface area contributed by atoms with Crippen molar-refractivity contribution in [2.45, 2.75) is 107 Å². The molecule has 1 aromatic heterocycles. The third-order valence-electron chi connectivity index (χ3n) is 9.83. The largest absolute Gasteiger partial charge is 0.458 e. The second-order valence-electron chi connectivity index (χ2n) is 14.2. The van der Waals surface area contributed by atoms with Crippen LogP contribution in [0.1, 0.15) is 110 Å². The topological polar surface area (TPSA) is 148 Å². The molecule has 4 rings (SSSR count). The summed E-state index contributed by atoms with van der Waals surface area (Å²) in [5.41, 5.74) is 2.28. The van der Waals surface area contributed by atoms with Crippen LogP contribution in [0.5, 0.6) is 0 Å². The Bertz CT molecular complexity index is 1460. The van der Waals surface area contributed by atoms with E-state index in [1.54, 1.807) is 26.8 Å². The number of aliphatic imine (C=N–C) groups is 1. The maximum atomic E-state index is 13.7. The zero-order valence-electron chi connectivity index (χ0n) is 29.5. The summed E-state index contributed by atoms with van der Waals surface area (Å²) < 4.78 is 17.3. The van der Waals surface area contributed by atoms with E-state index in [0.29, 0.717) is 34.4 Å². The smallest absolute Gasteiger partial charge is 0.412 e. The average molecular weight is 653 g/mol. The Balaban J connectivity index is 1.70. The lowest BCUT2D eigenvalue weighted by molar-refractivity contribution is -0.152. The second kappa shape index (κ2) is 14.9. The van der Waals surface area contributed by atoms with Crippen molar-refractivity contribution in [3.8, 4) is 0 Å². The fourth-order valence-corrected chi connectivity index (χ4v) is 7.95. The first-order valence-electron chi connectivity index (χ1n) is 17.0. The number of hydrogen-bond acceptors (Lipinski definition) is 8. The minimum Gasteiger partial charge on any atom is -0.458 e. The van der Waals surface area contributed by atoms with Crippen LogP contribution in [0.3, 0.4) is 0 Å². The van der Waals surface area contributed by atoms with Gasteiger partial charge in [-0.3, -0.25) is 10.1 Å². The van der Waals surface area contributed by atoms with Crippen LogP contribution in [-0.2, 0) is 23.8 Å². The van der Waals surface area contributed by atoms with Crippen molar-refractivity contribution >= 4 is 41.7 Å². The predicted molar refractivity (Wildman–Crippen MR) is 181 cm³/mol. The predicted octanol–water partition coefficient (Wildman–Crippen LogP) is 6.94. The van der Waals surface area contributed by atoms with E-state index in [-0.39, 0.29) is 71.2 Å². The van der Waals surface area contributed by atoms with E-state index in [4.69, 9.17) is 14.2 Å². The number of amidine groups is 1. The molecule has 2 amide bonds. The van der Waals surface area contributed by atoms with Crippen LogP contribution in [0.15, 0.2) is 21.8 Å². The number of aromatic amines is 1. The van der Waals surface area contributed by atoms with Crippen LogP contribution < -0.4 is 10.6 Å². The highest BCUT2D eigenvalue weighted by atomic mass is 16.6. The van der Waals surface area contributed by atoms with Crippen molar-refractivity contribution < 1.29 is 33.4 Å². The Morgan fingerprint density at radius 2 is 1.34 bits per heavy atom. The van der Waals surface area contributed by atoms with Crippen molar-refractivity contribution in [2.24, 2.45) is 40.5 Å². The lowest BCUT2D eigenvalue weighted by Crippen LogP contribution is -2.40. The van der Waals surface area contributed by atoms with Gasteiger partial charge in [0.05, 0.1) is 12.3 Å². The maximum absolute atomic E-state index is 13.7. The number of nitrogens with one attached hydrogen (secondary N) is 3. The van der Waals surface area contributed by atoms with Crippen molar-refractivity contribution in [2.75, 3.05) is 11.9 Å². The van der Waals surface area contributed by atoms with Gasteiger partial charge in [-0.05, 0) is 99.2 Å². The molecular weight excluding hydrogens is 600 g/mol. The molecule has 3 aliphatic rings. The van der Waals surface area contributed by atoms with Crippen LogP contribution in [0.2, 0.25) is 0 Å². The summed E-state index contributed by atoms with van der Waals surface area (Å²) in [6.45, 7) is 19.5. The molecule has 4 atom stereocenters. The monoisotopic (exact) mass is 652 g/mol. The van der Waals surface area contributed by atoms with Crippen molar-refractivity contribution in [1.29, 1.82) is 0 Å². The Kier molecular flexibility index (Phi) is 11.4. The van der Waals surface area contributed by atoms with Crippen LogP contribution in [0.4, 0.5) is 10.6 Å². The Hall–Kier alpha value is -3.89. The summed E-state index contributed by atoms with van der Waals surface area (Å²) >= 11 is 0. The van der Waals surface area contributed by atoms with E-state index >= 15 is 0 Å². The molecule has 0 aromatic carbocycles. The van der Waals surface area contributed by atoms with Gasteiger partial charge in [-0.2, -0.15) is 0 Å². The molecule has 11 heteroatoms. The quantitative estimate of drug-likeness (QED) is 0.213. The lowest BCUT2D eigenvalue weighted by atomic mass is 9.75. The van der Waals surface area contributed by atoms with Crippen LogP contribution in [-0.4, -0.2) is 53.6 Å². The van der Waals surface area contributed by atoms with E-state index < -0.39 is 18.0 Å². The summed E-state index contributed by atoms with van der Waals surface area (Å²) in [7, 11) is 0. The highest BCUT2D eigenvalue weighted by Crippen LogP contribution is 2.38. The number of anilines is 1. The molecular formula is C36H52N4O7. The number of H-pyrrole nitrogens is 1. The average Bonchev–Trinajstić information content (AvgIpc) is 3.42. The molecule has 1 aliphatic heterocycles. The number of esters is 2. The van der Waals surface area contributed by atoms with Crippen LogP contribution in [0.25, 0.3) is 6.08 Å². The van der Waals surface area contributed by atoms with E-state index in [2.05, 4.69) is 62.2 Å². The van der Waals surface area contributed by atoms with Crippen molar-refractivity contribution in [3.05, 3.63) is 33.7 Å². The minimum absolute atomic E-state index is 0.0297. The Morgan fingerprint density at radius 3 is 1.83 bits per heavy atom. The van der Waals surface area contributed by atoms with Gasteiger partial charge in [0.2, 0.25) is 5.91 Å². The molecule has 258 valence electrons. The van der Waals surface area contributed by atoms with E-state index in [9.17, 15) is 19.2 Å². The summed E-state index contributed by atoms with van der Waals surface area (Å²) in [6.07, 6.45) is 4.28. The number of aromatic nitrogens is 1. The molecule has 0 bridgehead atoms. The molecule has 0 saturated heterocycles. The first-order valence-corrected chi connectivity index (χ1v) is 17.0. The molecule has 4 unspecified atom stereocenters. The van der Waals surface area contributed by atoms with Gasteiger partial charge in [0.25, 0.3) is 0 Å². The zero-order valence-corrected chi connectivity index (χ0v) is 29.5. The third-order valence-corrected chi connectivity index (χ3v) is 9.83. The lowest BCUT2D eigenvalue weighted by Gasteiger charge is -2.37. The molecule has 2 saturated carbocycles. The second-order valence-corrected chi connectivity index (χ2v) is 14.2. The SMILES string of the molecule is CCOC(=O)NC1=NC(=Cc2[nH]c(NC(C)=O)c(C(=O)OC3C(C)CC(C)CC3C)c2C)C(C)=C1C(=O)OC1C(C)CC(C)CC1C. The van der Waals surface area contributed by atoms with Gasteiger partial charge in [-0.25, -0.2) is 19.4 Å². The van der Waals surface area contributed by atoms with Crippen LogP contribution in [0, 0.1) is 42.4 Å². The van der Waals surface area contributed by atoms with E-state index in [1.165, 1.54) is 6.92 Å². The maximum Gasteiger partial charge on any atom is 0.412 e. The minimum atomic E-state index is -0.742.